The molecule has 0 aliphatic rings. The Morgan fingerprint density at radius 1 is 1.47 bits per heavy atom. The van der Waals surface area contributed by atoms with E-state index in [0.717, 1.165) is 0 Å². The quantitative estimate of drug-likeness (QED) is 0.839. The van der Waals surface area contributed by atoms with Crippen molar-refractivity contribution in [2.45, 2.75) is 33.8 Å². The number of carbonyl (C=O) groups excluding carboxylic acids is 1. The zero-order valence-electron chi connectivity index (χ0n) is 12.1. The number of nitrogens with zero attached hydrogens (tertiary/aromatic N) is 2. The first-order chi connectivity index (χ1) is 8.81. The number of anilines is 1. The van der Waals surface area contributed by atoms with Crippen molar-refractivity contribution in [2.24, 2.45) is 5.41 Å². The van der Waals surface area contributed by atoms with E-state index in [-0.39, 0.29) is 22.9 Å². The fourth-order valence-electron chi connectivity index (χ4n) is 1.68. The summed E-state index contributed by atoms with van der Waals surface area (Å²) < 4.78 is 10.3. The van der Waals surface area contributed by atoms with E-state index in [9.17, 15) is 4.79 Å². The largest absolute Gasteiger partial charge is 0.465 e. The Kier molecular flexibility index (Phi) is 4.83. The Hall–Kier alpha value is -1.69. The number of nitrogens with two attached hydrogens (primary N) is 1. The van der Waals surface area contributed by atoms with Crippen LogP contribution in [-0.2, 0) is 9.47 Å². The molecular formula is C13H21N3O3. The van der Waals surface area contributed by atoms with Gasteiger partial charge in [-0.2, -0.15) is 0 Å². The van der Waals surface area contributed by atoms with Crippen molar-refractivity contribution >= 4 is 11.8 Å². The predicted octanol–water partition coefficient (Wildman–Crippen LogP) is 1.97. The number of nitrogen functional groups attached to an aromatic ring is 1. The predicted molar refractivity (Wildman–Crippen MR) is 71.6 cm³/mol. The van der Waals surface area contributed by atoms with Gasteiger partial charge in [0.15, 0.2) is 5.82 Å². The topological polar surface area (TPSA) is 87.3 Å². The van der Waals surface area contributed by atoms with Crippen molar-refractivity contribution in [3.8, 4) is 0 Å². The molecule has 0 saturated carbocycles. The van der Waals surface area contributed by atoms with E-state index in [1.165, 1.54) is 13.3 Å². The molecule has 0 aliphatic heterocycles. The minimum absolute atomic E-state index is 0.103. The monoisotopic (exact) mass is 267 g/mol. The molecule has 6 nitrogen and oxygen atoms in total. The van der Waals surface area contributed by atoms with E-state index in [0.29, 0.717) is 12.4 Å². The molecule has 0 amide bonds. The summed E-state index contributed by atoms with van der Waals surface area (Å²) in [7, 11) is 1.29. The van der Waals surface area contributed by atoms with Crippen LogP contribution in [0.4, 0.5) is 5.82 Å². The lowest BCUT2D eigenvalue weighted by Gasteiger charge is -2.29. The normalized spacial score (nSPS) is 13.1. The van der Waals surface area contributed by atoms with Crippen molar-refractivity contribution in [3.05, 3.63) is 17.6 Å². The Labute approximate surface area is 113 Å². The van der Waals surface area contributed by atoms with E-state index in [4.69, 9.17) is 10.5 Å². The average Bonchev–Trinajstić information content (AvgIpc) is 2.33. The van der Waals surface area contributed by atoms with Crippen molar-refractivity contribution in [2.75, 3.05) is 19.5 Å². The molecule has 1 unspecified atom stereocenters. The fraction of sp³-hybridized carbons (Fsp3) is 0.615. The van der Waals surface area contributed by atoms with Crippen LogP contribution < -0.4 is 5.73 Å². The first kappa shape index (κ1) is 15.4. The van der Waals surface area contributed by atoms with Crippen molar-refractivity contribution in [1.82, 2.24) is 9.97 Å². The minimum Gasteiger partial charge on any atom is -0.465 e. The summed E-state index contributed by atoms with van der Waals surface area (Å²) >= 11 is 0. The molecule has 0 saturated heterocycles. The second-order valence-corrected chi connectivity index (χ2v) is 5.22. The summed E-state index contributed by atoms with van der Waals surface area (Å²) in [6.45, 7) is 8.54. The number of methoxy groups -OCH3 is 1. The van der Waals surface area contributed by atoms with Crippen LogP contribution in [0.5, 0.6) is 0 Å². The lowest BCUT2D eigenvalue weighted by atomic mass is 9.88. The number of hydrogen-bond donors (Lipinski definition) is 1. The second-order valence-electron chi connectivity index (χ2n) is 5.22. The van der Waals surface area contributed by atoms with Gasteiger partial charge >= 0.3 is 5.97 Å². The van der Waals surface area contributed by atoms with Crippen molar-refractivity contribution < 1.29 is 14.3 Å². The highest BCUT2D eigenvalue weighted by molar-refractivity contribution is 5.93. The molecule has 1 rings (SSSR count). The van der Waals surface area contributed by atoms with Crippen LogP contribution in [0.2, 0.25) is 0 Å². The molecule has 0 fully saturated rings. The summed E-state index contributed by atoms with van der Waals surface area (Å²) in [5.41, 5.74) is 5.76. The maximum atomic E-state index is 11.4. The fourth-order valence-corrected chi connectivity index (χ4v) is 1.68. The SMILES string of the molecule is CCOC(c1ncc(C(=O)OC)c(N)n1)C(C)(C)C. The maximum Gasteiger partial charge on any atom is 0.343 e. The lowest BCUT2D eigenvalue weighted by molar-refractivity contribution is -0.0190. The highest BCUT2D eigenvalue weighted by Crippen LogP contribution is 2.34. The molecule has 0 bridgehead atoms. The van der Waals surface area contributed by atoms with E-state index in [1.54, 1.807) is 0 Å². The van der Waals surface area contributed by atoms with Gasteiger partial charge < -0.3 is 15.2 Å². The van der Waals surface area contributed by atoms with Crippen LogP contribution in [-0.4, -0.2) is 29.7 Å². The van der Waals surface area contributed by atoms with Crippen LogP contribution >= 0.6 is 0 Å². The average molecular weight is 267 g/mol. The number of hydrogen-bond acceptors (Lipinski definition) is 6. The summed E-state index contributed by atoms with van der Waals surface area (Å²) in [5, 5.41) is 0. The van der Waals surface area contributed by atoms with Gasteiger partial charge in [0.25, 0.3) is 0 Å². The highest BCUT2D eigenvalue weighted by Gasteiger charge is 2.30. The molecule has 1 aromatic heterocycles. The van der Waals surface area contributed by atoms with Crippen LogP contribution in [0.3, 0.4) is 0 Å². The molecule has 1 heterocycles. The number of carbonyl (C=O) groups is 1. The molecule has 1 atom stereocenters. The molecule has 1 aromatic rings. The number of aromatic nitrogens is 2. The summed E-state index contributed by atoms with van der Waals surface area (Å²) in [5.74, 6) is 0.0260. The van der Waals surface area contributed by atoms with E-state index >= 15 is 0 Å². The third-order valence-electron chi connectivity index (χ3n) is 2.60. The van der Waals surface area contributed by atoms with Crippen molar-refractivity contribution in [1.29, 1.82) is 0 Å². The van der Waals surface area contributed by atoms with Gasteiger partial charge in [-0.05, 0) is 12.3 Å². The second kappa shape index (κ2) is 5.97. The van der Waals surface area contributed by atoms with Gasteiger partial charge in [-0.1, -0.05) is 20.8 Å². The van der Waals surface area contributed by atoms with Gasteiger partial charge in [0.05, 0.1) is 7.11 Å². The number of ether oxygens (including phenoxy) is 2. The summed E-state index contributed by atoms with van der Waals surface area (Å²) in [6, 6.07) is 0. The van der Waals surface area contributed by atoms with Gasteiger partial charge in [-0.25, -0.2) is 14.8 Å². The first-order valence-electron chi connectivity index (χ1n) is 6.13. The van der Waals surface area contributed by atoms with Crippen LogP contribution in [0.25, 0.3) is 0 Å². The van der Waals surface area contributed by atoms with E-state index in [1.807, 2.05) is 27.7 Å². The Morgan fingerprint density at radius 2 is 2.11 bits per heavy atom. The zero-order chi connectivity index (χ0) is 14.6. The van der Waals surface area contributed by atoms with Gasteiger partial charge in [0.2, 0.25) is 0 Å². The third-order valence-corrected chi connectivity index (χ3v) is 2.60. The molecular weight excluding hydrogens is 246 g/mol. The highest BCUT2D eigenvalue weighted by atomic mass is 16.5. The van der Waals surface area contributed by atoms with Gasteiger partial charge in [-0.3, -0.25) is 0 Å². The number of rotatable bonds is 4. The summed E-state index contributed by atoms with van der Waals surface area (Å²) in [4.78, 5) is 19.8. The standard InChI is InChI=1S/C13H21N3O3/c1-6-19-9(13(2,3)4)11-15-7-8(10(14)16-11)12(17)18-5/h7,9H,6H2,1-5H3,(H2,14,15,16). The zero-order valence-corrected chi connectivity index (χ0v) is 12.1. The molecule has 0 radical (unpaired) electrons. The molecule has 6 heteroatoms. The van der Waals surface area contributed by atoms with Crippen LogP contribution in [0.15, 0.2) is 6.20 Å². The smallest absolute Gasteiger partial charge is 0.343 e. The molecule has 0 aromatic carbocycles. The Bertz CT molecular complexity index is 455. The summed E-state index contributed by atoms with van der Waals surface area (Å²) in [6.07, 6.45) is 1.09. The molecule has 106 valence electrons. The Morgan fingerprint density at radius 3 is 2.53 bits per heavy atom. The molecule has 0 spiro atoms. The van der Waals surface area contributed by atoms with E-state index in [2.05, 4.69) is 14.7 Å². The molecule has 2 N–H and O–H groups in total. The maximum absolute atomic E-state index is 11.4. The minimum atomic E-state index is -0.548. The van der Waals surface area contributed by atoms with Gasteiger partial charge in [-0.15, -0.1) is 0 Å². The van der Waals surface area contributed by atoms with E-state index < -0.39 is 5.97 Å². The van der Waals surface area contributed by atoms with Gasteiger partial charge in [0.1, 0.15) is 17.5 Å². The third kappa shape index (κ3) is 3.64. The first-order valence-corrected chi connectivity index (χ1v) is 6.13. The van der Waals surface area contributed by atoms with Crippen molar-refractivity contribution in [3.63, 3.8) is 0 Å². The number of esters is 1. The molecule has 0 aliphatic carbocycles. The van der Waals surface area contributed by atoms with Gasteiger partial charge in [0, 0.05) is 12.8 Å². The lowest BCUT2D eigenvalue weighted by Crippen LogP contribution is -2.24. The Balaban J connectivity index is 3.14. The van der Waals surface area contributed by atoms with Crippen LogP contribution in [0, 0.1) is 5.41 Å². The molecule has 19 heavy (non-hydrogen) atoms. The van der Waals surface area contributed by atoms with Crippen LogP contribution in [0.1, 0.15) is 50.0 Å².